The maximum Gasteiger partial charge on any atom is 0.293 e. The maximum absolute atomic E-state index is 5.92. The summed E-state index contributed by atoms with van der Waals surface area (Å²) in [5.74, 6) is -1.45. The summed E-state index contributed by atoms with van der Waals surface area (Å²) in [7, 11) is 7.91. The smallest absolute Gasteiger partial charge is 0.293 e. The molecule has 1 N–H and O–H groups in total. The maximum atomic E-state index is 5.92. The molecule has 0 aliphatic carbocycles. The lowest BCUT2D eigenvalue weighted by Crippen LogP contribution is -2.42. The monoisotopic (exact) mass is 435 g/mol. The highest BCUT2D eigenvalue weighted by molar-refractivity contribution is 9.11. The molecule has 0 saturated heterocycles. The Morgan fingerprint density at radius 1 is 1.10 bits per heavy atom. The van der Waals surface area contributed by atoms with E-state index in [-0.39, 0.29) is 0 Å². The van der Waals surface area contributed by atoms with Crippen LogP contribution in [0.1, 0.15) is 26.3 Å². The van der Waals surface area contributed by atoms with E-state index in [4.69, 9.17) is 13.6 Å². The third-order valence-electron chi connectivity index (χ3n) is 2.38. The second-order valence-corrected chi connectivity index (χ2v) is 7.06. The number of rotatable bonds is 5. The minimum Gasteiger partial charge on any atom is -0.386 e. The van der Waals surface area contributed by atoms with E-state index in [1.165, 1.54) is 0 Å². The van der Waals surface area contributed by atoms with Gasteiger partial charge < -0.3 is 18.9 Å². The van der Waals surface area contributed by atoms with Crippen molar-refractivity contribution < 1.29 is 13.6 Å². The van der Waals surface area contributed by atoms with Gasteiger partial charge >= 0.3 is 0 Å². The zero-order valence-corrected chi connectivity index (χ0v) is 16.8. The lowest BCUT2D eigenvalue weighted by atomic mass is 10.1. The molecule has 1 aromatic rings. The number of nitrogens with one attached hydrogen (secondary N) is 1. The molecule has 108 valence electrons. The minimum absolute atomic E-state index is 0.494. The summed E-state index contributed by atoms with van der Waals surface area (Å²) in [5.41, 5.74) is 1.02. The van der Waals surface area contributed by atoms with Crippen LogP contribution in [0.5, 0.6) is 0 Å². The third-order valence-corrected chi connectivity index (χ3v) is 4.40. The van der Waals surface area contributed by atoms with Crippen LogP contribution >= 0.6 is 31.9 Å². The molecule has 0 heterocycles. The fraction of sp³-hybridized carbons (Fsp3) is 0.500. The summed E-state index contributed by atoms with van der Waals surface area (Å²) >= 11 is 7.02. The van der Waals surface area contributed by atoms with Gasteiger partial charge in [0.1, 0.15) is 0 Å². The van der Waals surface area contributed by atoms with Gasteiger partial charge in [-0.15, -0.1) is 0 Å². The molecule has 0 spiro atoms. The molecule has 1 rings (SSSR count). The highest BCUT2D eigenvalue weighted by atomic mass is 79.9. The molecule has 0 aromatic heterocycles. The van der Waals surface area contributed by atoms with Crippen LogP contribution in [0.2, 0.25) is 0 Å². The Morgan fingerprint density at radius 3 is 2.05 bits per heavy atom. The average Bonchev–Trinajstić information content (AvgIpc) is 2.36. The minimum atomic E-state index is -1.45. The Hall–Kier alpha value is 0.294. The van der Waals surface area contributed by atoms with Crippen LogP contribution in [0.15, 0.2) is 21.1 Å². The molecule has 0 aliphatic heterocycles. The highest BCUT2D eigenvalue weighted by Gasteiger charge is 2.40. The zero-order chi connectivity index (χ0) is 15.6. The summed E-state index contributed by atoms with van der Waals surface area (Å²) in [4.78, 5) is 0. The fourth-order valence-corrected chi connectivity index (χ4v) is 3.70. The van der Waals surface area contributed by atoms with Crippen LogP contribution in [-0.4, -0.2) is 33.6 Å². The second-order valence-electron chi connectivity index (χ2n) is 5.01. The van der Waals surface area contributed by atoms with Crippen molar-refractivity contribution in [1.29, 1.82) is 0 Å². The van der Waals surface area contributed by atoms with Crippen molar-refractivity contribution in [2.24, 2.45) is 0 Å². The van der Waals surface area contributed by atoms with Crippen LogP contribution in [0, 0.1) is 0 Å². The van der Waals surface area contributed by atoms with E-state index in [1.54, 1.807) is 0 Å². The van der Waals surface area contributed by atoms with Crippen molar-refractivity contribution in [2.45, 2.75) is 32.3 Å². The van der Waals surface area contributed by atoms with Crippen molar-refractivity contribution in [3.05, 3.63) is 26.6 Å². The van der Waals surface area contributed by atoms with E-state index in [1.807, 2.05) is 40.0 Å². The van der Waals surface area contributed by atoms with Crippen molar-refractivity contribution in [3.63, 3.8) is 0 Å². The molecule has 20 heavy (non-hydrogen) atoms. The van der Waals surface area contributed by atoms with E-state index in [2.05, 4.69) is 58.1 Å². The van der Waals surface area contributed by atoms with Crippen molar-refractivity contribution in [1.82, 2.24) is 0 Å². The summed E-state index contributed by atoms with van der Waals surface area (Å²) in [6, 6.07) is 3.71. The summed E-state index contributed by atoms with van der Waals surface area (Å²) in [6.07, 6.45) is 0. The normalized spacial score (nSPS) is 12.6. The van der Waals surface area contributed by atoms with Gasteiger partial charge in [0.2, 0.25) is 0 Å². The Morgan fingerprint density at radius 2 is 1.65 bits per heavy atom. The van der Waals surface area contributed by atoms with Gasteiger partial charge in [0.15, 0.2) is 0 Å². The Kier molecular flexibility index (Phi) is 6.45. The van der Waals surface area contributed by atoms with Gasteiger partial charge in [-0.1, -0.05) is 0 Å². The second kappa shape index (κ2) is 7.04. The molecule has 1 aromatic carbocycles. The molecule has 0 saturated carbocycles. The molecule has 6 radical (unpaired) electrons. The first-order valence-electron chi connectivity index (χ1n) is 5.76. The number of benzene rings is 1. The average molecular weight is 437 g/mol. The Labute approximate surface area is 143 Å². The number of halogens is 2. The lowest BCUT2D eigenvalue weighted by Gasteiger charge is -2.38. The molecule has 0 aliphatic rings. The first-order chi connectivity index (χ1) is 9.20. The van der Waals surface area contributed by atoms with Crippen molar-refractivity contribution in [2.75, 3.05) is 12.4 Å². The van der Waals surface area contributed by atoms with Crippen LogP contribution in [0.25, 0.3) is 0 Å². The van der Waals surface area contributed by atoms with Gasteiger partial charge in [0, 0.05) is 11.5 Å². The third kappa shape index (κ3) is 3.93. The topological polar surface area (TPSA) is 39.7 Å². The van der Waals surface area contributed by atoms with Gasteiger partial charge in [-0.05, 0) is 64.8 Å². The number of hydrogen-bond donors (Lipinski definition) is 1. The van der Waals surface area contributed by atoms with Crippen LogP contribution in [-0.2, 0) is 19.6 Å². The summed E-state index contributed by atoms with van der Waals surface area (Å²) in [5, 5.41) is 3.09. The molecule has 0 atom stereocenters. The van der Waals surface area contributed by atoms with E-state index in [9.17, 15) is 0 Å². The largest absolute Gasteiger partial charge is 0.386 e. The zero-order valence-electron chi connectivity index (χ0n) is 11.6. The first-order valence-corrected chi connectivity index (χ1v) is 8.17. The predicted octanol–water partition coefficient (Wildman–Crippen LogP) is 3.38. The van der Waals surface area contributed by atoms with E-state index < -0.39 is 11.6 Å². The van der Waals surface area contributed by atoms with Crippen LogP contribution in [0.3, 0.4) is 0 Å². The van der Waals surface area contributed by atoms with E-state index >= 15 is 0 Å². The van der Waals surface area contributed by atoms with Crippen LogP contribution < -0.4 is 5.32 Å². The number of hydrogen-bond acceptors (Lipinski definition) is 4. The fourth-order valence-electron chi connectivity index (χ4n) is 1.65. The highest BCUT2D eigenvalue weighted by Crippen LogP contribution is 2.42. The van der Waals surface area contributed by atoms with Gasteiger partial charge in [0.05, 0.1) is 21.3 Å². The SMILES string of the molecule is CNc1c(Br)ccc(C(O[Si])(O[Si])OC(C)(C)C)c1Br. The van der Waals surface area contributed by atoms with Crippen molar-refractivity contribution >= 4 is 58.5 Å². The Balaban J connectivity index is 3.43. The lowest BCUT2D eigenvalue weighted by molar-refractivity contribution is -0.348. The molecule has 4 nitrogen and oxygen atoms in total. The molecular weight excluding hydrogens is 422 g/mol. The molecule has 0 unspecified atom stereocenters. The molecule has 0 fully saturated rings. The number of anilines is 1. The van der Waals surface area contributed by atoms with Crippen molar-refractivity contribution in [3.8, 4) is 0 Å². The molecule has 8 heteroatoms. The predicted molar refractivity (Wildman–Crippen MR) is 87.6 cm³/mol. The Bertz CT molecular complexity index is 477. The summed E-state index contributed by atoms with van der Waals surface area (Å²) in [6.45, 7) is 5.72. The quantitative estimate of drug-likeness (QED) is 0.567. The molecular formula is C12H15Br2NO3Si2. The van der Waals surface area contributed by atoms with Gasteiger partial charge in [-0.3, -0.25) is 0 Å². The summed E-state index contributed by atoms with van der Waals surface area (Å²) < 4.78 is 18.2. The molecule has 0 amide bonds. The standard InChI is InChI=1S/C12H15Br2NO3Si2/c1-11(2,3)16-12(17-19,18-20)7-5-6-8(13)10(15-4)9(7)14/h5-6,15H,1-4H3. The van der Waals surface area contributed by atoms with E-state index in [0.717, 1.165) is 14.6 Å². The molecule has 0 bridgehead atoms. The first kappa shape index (κ1) is 18.3. The van der Waals surface area contributed by atoms with Gasteiger partial charge in [-0.2, -0.15) is 0 Å². The van der Waals surface area contributed by atoms with Crippen LogP contribution in [0.4, 0.5) is 5.69 Å². The van der Waals surface area contributed by atoms with Gasteiger partial charge in [-0.25, -0.2) is 0 Å². The van der Waals surface area contributed by atoms with Gasteiger partial charge in [0.25, 0.3) is 26.9 Å². The number of ether oxygens (including phenoxy) is 1. The van der Waals surface area contributed by atoms with E-state index in [0.29, 0.717) is 5.56 Å².